The Morgan fingerprint density at radius 2 is 1.79 bits per heavy atom. The Labute approximate surface area is 172 Å². The number of nitrogens with zero attached hydrogens (tertiary/aromatic N) is 2. The molecule has 1 saturated carbocycles. The molecule has 1 aliphatic heterocycles. The highest BCUT2D eigenvalue weighted by molar-refractivity contribution is 5.94. The number of carbonyl (C=O) groups excluding carboxylic acids is 2. The van der Waals surface area contributed by atoms with Crippen LogP contribution >= 0.6 is 0 Å². The summed E-state index contributed by atoms with van der Waals surface area (Å²) in [4.78, 5) is 31.9. The third-order valence-electron chi connectivity index (χ3n) is 6.41. The average molecular weight is 392 g/mol. The highest BCUT2D eigenvalue weighted by atomic mass is 16.2. The van der Waals surface area contributed by atoms with E-state index in [1.807, 2.05) is 56.0 Å². The molecule has 2 aliphatic rings. The van der Waals surface area contributed by atoms with Crippen LogP contribution in [0.1, 0.15) is 52.1 Å². The van der Waals surface area contributed by atoms with E-state index < -0.39 is 0 Å². The predicted octanol–water partition coefficient (Wildman–Crippen LogP) is 3.57. The zero-order chi connectivity index (χ0) is 20.6. The molecule has 2 aromatic rings. The van der Waals surface area contributed by atoms with Crippen molar-refractivity contribution in [2.24, 2.45) is 11.3 Å². The molecular weight excluding hydrogens is 362 g/mol. The van der Waals surface area contributed by atoms with Crippen LogP contribution in [0.3, 0.4) is 0 Å². The molecule has 1 saturated heterocycles. The molecule has 1 N–H and O–H groups in total. The average Bonchev–Trinajstić information content (AvgIpc) is 3.39. The Bertz CT molecular complexity index is 925. The van der Waals surface area contributed by atoms with Crippen molar-refractivity contribution in [3.63, 3.8) is 0 Å². The minimum Gasteiger partial charge on any atom is -0.350 e. The van der Waals surface area contributed by atoms with Crippen molar-refractivity contribution < 1.29 is 9.59 Å². The molecule has 0 bridgehead atoms. The molecule has 1 atom stereocenters. The van der Waals surface area contributed by atoms with Crippen molar-refractivity contribution in [3.05, 3.63) is 64.5 Å². The topological polar surface area (TPSA) is 62.3 Å². The van der Waals surface area contributed by atoms with Crippen molar-refractivity contribution in [2.75, 3.05) is 13.1 Å². The third-order valence-corrected chi connectivity index (χ3v) is 6.41. The molecule has 152 valence electrons. The van der Waals surface area contributed by atoms with Gasteiger partial charge in [-0.25, -0.2) is 0 Å². The summed E-state index contributed by atoms with van der Waals surface area (Å²) in [5.41, 5.74) is 4.94. The molecule has 0 radical (unpaired) electrons. The summed E-state index contributed by atoms with van der Waals surface area (Å²) in [6.45, 7) is 7.94. The van der Waals surface area contributed by atoms with Crippen LogP contribution in [-0.4, -0.2) is 34.8 Å². The minimum atomic E-state index is 0.0748. The molecule has 1 unspecified atom stereocenters. The highest BCUT2D eigenvalue weighted by Crippen LogP contribution is 2.59. The second-order valence-corrected chi connectivity index (χ2v) is 8.78. The second kappa shape index (κ2) is 7.62. The standard InChI is InChI=1S/C24H29N3O2/c1-16-11-17(2)13-19(12-16)23(29)27-9-7-24(8-10-27)14-21(24)22(28)25-15-20-6-4-5-18(3)26-20/h4-6,11-13,21H,7-10,14-15H2,1-3H3,(H,25,28). The number of aryl methyl sites for hydroxylation is 3. The monoisotopic (exact) mass is 391 g/mol. The van der Waals surface area contributed by atoms with Crippen LogP contribution in [-0.2, 0) is 11.3 Å². The summed E-state index contributed by atoms with van der Waals surface area (Å²) >= 11 is 0. The second-order valence-electron chi connectivity index (χ2n) is 8.78. The van der Waals surface area contributed by atoms with Gasteiger partial charge < -0.3 is 10.2 Å². The number of piperidine rings is 1. The van der Waals surface area contributed by atoms with Crippen LogP contribution in [0.5, 0.6) is 0 Å². The lowest BCUT2D eigenvalue weighted by molar-refractivity contribution is -0.123. The maximum absolute atomic E-state index is 12.9. The van der Waals surface area contributed by atoms with Gasteiger partial charge in [0, 0.05) is 30.3 Å². The molecule has 29 heavy (non-hydrogen) atoms. The van der Waals surface area contributed by atoms with Crippen molar-refractivity contribution in [2.45, 2.75) is 46.6 Å². The predicted molar refractivity (Wildman–Crippen MR) is 112 cm³/mol. The van der Waals surface area contributed by atoms with E-state index in [0.717, 1.165) is 60.4 Å². The summed E-state index contributed by atoms with van der Waals surface area (Å²) < 4.78 is 0. The van der Waals surface area contributed by atoms with Gasteiger partial charge in [-0.3, -0.25) is 14.6 Å². The Kier molecular flexibility index (Phi) is 5.15. The van der Waals surface area contributed by atoms with Crippen LogP contribution in [0.15, 0.2) is 36.4 Å². The molecular formula is C24H29N3O2. The molecule has 5 nitrogen and oxygen atoms in total. The Morgan fingerprint density at radius 1 is 1.10 bits per heavy atom. The molecule has 2 fully saturated rings. The number of benzene rings is 1. The van der Waals surface area contributed by atoms with E-state index in [2.05, 4.69) is 16.4 Å². The highest BCUT2D eigenvalue weighted by Gasteiger charge is 2.58. The third kappa shape index (κ3) is 4.19. The molecule has 1 aliphatic carbocycles. The van der Waals surface area contributed by atoms with Crippen LogP contribution in [0, 0.1) is 32.1 Å². The first-order valence-corrected chi connectivity index (χ1v) is 10.4. The van der Waals surface area contributed by atoms with Crippen molar-refractivity contribution in [1.29, 1.82) is 0 Å². The van der Waals surface area contributed by atoms with Crippen molar-refractivity contribution in [3.8, 4) is 0 Å². The van der Waals surface area contributed by atoms with Crippen molar-refractivity contribution in [1.82, 2.24) is 15.2 Å². The number of likely N-dealkylation sites (tertiary alicyclic amines) is 1. The fraction of sp³-hybridized carbons (Fsp3) is 0.458. The number of hydrogen-bond donors (Lipinski definition) is 1. The Balaban J connectivity index is 1.30. The number of carbonyl (C=O) groups is 2. The number of amides is 2. The number of rotatable bonds is 4. The summed E-state index contributed by atoms with van der Waals surface area (Å²) in [5.74, 6) is 0.312. The molecule has 1 aromatic heterocycles. The van der Waals surface area contributed by atoms with Gasteiger partial charge >= 0.3 is 0 Å². The zero-order valence-electron chi connectivity index (χ0n) is 17.5. The van der Waals surface area contributed by atoms with E-state index in [0.29, 0.717) is 6.54 Å². The maximum atomic E-state index is 12.9. The Hall–Kier alpha value is -2.69. The summed E-state index contributed by atoms with van der Waals surface area (Å²) in [7, 11) is 0. The molecule has 4 rings (SSSR count). The van der Waals surface area contributed by atoms with E-state index in [9.17, 15) is 9.59 Å². The van der Waals surface area contributed by atoms with E-state index in [1.165, 1.54) is 0 Å². The first-order valence-electron chi connectivity index (χ1n) is 10.4. The molecule has 1 aromatic carbocycles. The van der Waals surface area contributed by atoms with E-state index in [-0.39, 0.29) is 23.1 Å². The molecule has 2 heterocycles. The van der Waals surface area contributed by atoms with E-state index in [4.69, 9.17) is 0 Å². The largest absolute Gasteiger partial charge is 0.350 e. The van der Waals surface area contributed by atoms with Gasteiger partial charge in [0.25, 0.3) is 5.91 Å². The normalized spacial score (nSPS) is 19.8. The SMILES string of the molecule is Cc1cc(C)cc(C(=O)N2CCC3(CC2)CC3C(=O)NCc2cccc(C)n2)c1. The van der Waals surface area contributed by atoms with Gasteiger partial charge in [0.1, 0.15) is 0 Å². The smallest absolute Gasteiger partial charge is 0.253 e. The quantitative estimate of drug-likeness (QED) is 0.867. The van der Waals surface area contributed by atoms with Crippen LogP contribution in [0.2, 0.25) is 0 Å². The summed E-state index contributed by atoms with van der Waals surface area (Å²) in [5, 5.41) is 3.05. The molecule has 2 amide bonds. The lowest BCUT2D eigenvalue weighted by Gasteiger charge is -2.33. The number of pyridine rings is 1. The number of aromatic nitrogens is 1. The maximum Gasteiger partial charge on any atom is 0.253 e. The van der Waals surface area contributed by atoms with E-state index in [1.54, 1.807) is 0 Å². The lowest BCUT2D eigenvalue weighted by atomic mass is 9.90. The first-order chi connectivity index (χ1) is 13.9. The van der Waals surface area contributed by atoms with Crippen LogP contribution < -0.4 is 5.32 Å². The van der Waals surface area contributed by atoms with Gasteiger partial charge in [-0.1, -0.05) is 23.3 Å². The minimum absolute atomic E-state index is 0.0748. The van der Waals surface area contributed by atoms with Gasteiger partial charge in [-0.05, 0) is 69.7 Å². The van der Waals surface area contributed by atoms with Gasteiger partial charge in [-0.15, -0.1) is 0 Å². The fourth-order valence-electron chi connectivity index (χ4n) is 4.71. The van der Waals surface area contributed by atoms with Crippen LogP contribution in [0.25, 0.3) is 0 Å². The molecule has 5 heteroatoms. The summed E-state index contributed by atoms with van der Waals surface area (Å²) in [6.07, 6.45) is 2.75. The van der Waals surface area contributed by atoms with Gasteiger partial charge in [0.05, 0.1) is 12.2 Å². The van der Waals surface area contributed by atoms with Crippen molar-refractivity contribution >= 4 is 11.8 Å². The number of nitrogens with one attached hydrogen (secondary N) is 1. The first kappa shape index (κ1) is 19.6. The van der Waals surface area contributed by atoms with Gasteiger partial charge in [0.2, 0.25) is 5.91 Å². The fourth-order valence-corrected chi connectivity index (χ4v) is 4.71. The van der Waals surface area contributed by atoms with Crippen LogP contribution in [0.4, 0.5) is 0 Å². The zero-order valence-corrected chi connectivity index (χ0v) is 17.5. The number of hydrogen-bond acceptors (Lipinski definition) is 3. The Morgan fingerprint density at radius 3 is 2.45 bits per heavy atom. The molecule has 1 spiro atoms. The summed E-state index contributed by atoms with van der Waals surface area (Å²) in [6, 6.07) is 11.9. The van der Waals surface area contributed by atoms with Gasteiger partial charge in [-0.2, -0.15) is 0 Å². The lowest BCUT2D eigenvalue weighted by Crippen LogP contribution is -2.40. The van der Waals surface area contributed by atoms with Gasteiger partial charge in [0.15, 0.2) is 0 Å². The van der Waals surface area contributed by atoms with E-state index >= 15 is 0 Å².